The Morgan fingerprint density at radius 1 is 0.647 bits per heavy atom. The van der Waals surface area contributed by atoms with Gasteiger partial charge in [-0.25, -0.2) is 14.4 Å². The minimum Gasteiger partial charge on any atom is -0.490 e. The van der Waals surface area contributed by atoms with Crippen molar-refractivity contribution in [2.24, 2.45) is 5.73 Å². The number of esters is 2. The molecule has 0 spiro atoms. The van der Waals surface area contributed by atoms with Crippen LogP contribution in [0.25, 0.3) is 0 Å². The molecule has 11 nitrogen and oxygen atoms in total. The van der Waals surface area contributed by atoms with Gasteiger partial charge in [0, 0.05) is 16.6 Å². The summed E-state index contributed by atoms with van der Waals surface area (Å²) in [4.78, 5) is 33.7. The Bertz CT molecular complexity index is 1360. The van der Waals surface area contributed by atoms with Gasteiger partial charge in [-0.3, -0.25) is 0 Å². The fourth-order valence-corrected chi connectivity index (χ4v) is 4.09. The molecular weight excluding hydrogens is 654 g/mol. The molecule has 0 saturated heterocycles. The second-order valence-corrected chi connectivity index (χ2v) is 12.6. The quantitative estimate of drug-likeness (QED) is 0.0621. The lowest BCUT2D eigenvalue weighted by Crippen LogP contribution is -2.30. The molecule has 0 aliphatic carbocycles. The van der Waals surface area contributed by atoms with E-state index in [0.29, 0.717) is 42.5 Å². The lowest BCUT2D eigenvalue weighted by atomic mass is 9.78. The van der Waals surface area contributed by atoms with Crippen molar-refractivity contribution in [3.05, 3.63) is 108 Å². The predicted molar refractivity (Wildman–Crippen MR) is 198 cm³/mol. The van der Waals surface area contributed by atoms with E-state index >= 15 is 0 Å². The highest BCUT2D eigenvalue weighted by Crippen LogP contribution is 2.33. The van der Waals surface area contributed by atoms with Crippen LogP contribution in [0, 0.1) is 0 Å². The predicted octanol–water partition coefficient (Wildman–Crippen LogP) is 7.03. The normalized spacial score (nSPS) is 11.8. The van der Waals surface area contributed by atoms with Gasteiger partial charge in [0.25, 0.3) is 0 Å². The van der Waals surface area contributed by atoms with Crippen molar-refractivity contribution in [3.8, 4) is 11.5 Å². The molecule has 0 aliphatic rings. The molecule has 0 fully saturated rings. The SMILES string of the molecule is C=C(C)COCC(COc1ccc(C(C)(C)c2ccc(OCC(COCC(=C)C)OC(=O)C(=C)C)cc2)cc1)OC(=O)C(=C)C.CCOC(N)=O. The zero-order valence-corrected chi connectivity index (χ0v) is 31.2. The molecule has 2 aromatic carbocycles. The van der Waals surface area contributed by atoms with Crippen LogP contribution in [0.15, 0.2) is 97.1 Å². The molecule has 0 saturated carbocycles. The number of benzene rings is 2. The Kier molecular flexibility index (Phi) is 19.7. The van der Waals surface area contributed by atoms with Crippen molar-refractivity contribution in [2.75, 3.05) is 46.2 Å². The molecule has 2 rings (SSSR count). The number of rotatable bonds is 21. The van der Waals surface area contributed by atoms with Crippen LogP contribution in [-0.2, 0) is 38.7 Å². The van der Waals surface area contributed by atoms with Crippen LogP contribution in [-0.4, -0.2) is 76.5 Å². The number of amides is 1. The Balaban J connectivity index is 0.00000198. The van der Waals surface area contributed by atoms with E-state index < -0.39 is 30.2 Å². The van der Waals surface area contributed by atoms with Crippen molar-refractivity contribution >= 4 is 18.0 Å². The maximum absolute atomic E-state index is 12.1. The summed E-state index contributed by atoms with van der Waals surface area (Å²) in [6, 6.07) is 15.6. The number of nitrogens with two attached hydrogens (primary N) is 1. The third kappa shape index (κ3) is 18.1. The third-order valence-electron chi connectivity index (χ3n) is 6.86. The molecule has 0 aliphatic heterocycles. The summed E-state index contributed by atoms with van der Waals surface area (Å²) in [5, 5.41) is 0. The summed E-state index contributed by atoms with van der Waals surface area (Å²) in [5.74, 6) is 0.303. The second-order valence-electron chi connectivity index (χ2n) is 12.6. The van der Waals surface area contributed by atoms with Gasteiger partial charge in [-0.15, -0.1) is 0 Å². The van der Waals surface area contributed by atoms with Crippen molar-refractivity contribution in [2.45, 2.75) is 66.1 Å². The molecule has 0 bridgehead atoms. The van der Waals surface area contributed by atoms with Crippen LogP contribution in [0.1, 0.15) is 59.6 Å². The second kappa shape index (κ2) is 22.8. The number of hydrogen-bond acceptors (Lipinski definition) is 10. The van der Waals surface area contributed by atoms with E-state index in [0.717, 1.165) is 22.3 Å². The number of carbonyl (C=O) groups excluding carboxylic acids is 3. The topological polar surface area (TPSA) is 142 Å². The molecule has 11 heteroatoms. The smallest absolute Gasteiger partial charge is 0.404 e. The summed E-state index contributed by atoms with van der Waals surface area (Å²) in [6.45, 7) is 29.5. The summed E-state index contributed by atoms with van der Waals surface area (Å²) in [5.41, 5.74) is 8.75. The zero-order valence-electron chi connectivity index (χ0n) is 31.2. The van der Waals surface area contributed by atoms with Crippen molar-refractivity contribution in [3.63, 3.8) is 0 Å². The van der Waals surface area contributed by atoms with E-state index in [9.17, 15) is 14.4 Å². The number of hydrogen-bond donors (Lipinski definition) is 1. The van der Waals surface area contributed by atoms with E-state index in [4.69, 9.17) is 28.4 Å². The van der Waals surface area contributed by atoms with E-state index in [2.05, 4.69) is 50.6 Å². The van der Waals surface area contributed by atoms with E-state index in [1.54, 1.807) is 20.8 Å². The van der Waals surface area contributed by atoms with Gasteiger partial charge in [-0.1, -0.05) is 75.6 Å². The average molecular weight is 710 g/mol. The average Bonchev–Trinajstić information content (AvgIpc) is 3.06. The van der Waals surface area contributed by atoms with Crippen LogP contribution < -0.4 is 15.2 Å². The lowest BCUT2D eigenvalue weighted by molar-refractivity contribution is -0.149. The lowest BCUT2D eigenvalue weighted by Gasteiger charge is -2.27. The maximum atomic E-state index is 12.1. The molecule has 2 N–H and O–H groups in total. The van der Waals surface area contributed by atoms with Gasteiger partial charge in [-0.05, 0) is 70.0 Å². The minimum atomic E-state index is -0.711. The Morgan fingerprint density at radius 2 is 1.00 bits per heavy atom. The highest BCUT2D eigenvalue weighted by molar-refractivity contribution is 5.87. The number of carbonyl (C=O) groups is 3. The molecule has 2 atom stereocenters. The first-order chi connectivity index (χ1) is 24.0. The summed E-state index contributed by atoms with van der Waals surface area (Å²) in [7, 11) is 0. The van der Waals surface area contributed by atoms with Crippen molar-refractivity contribution in [1.82, 2.24) is 0 Å². The molecule has 280 valence electrons. The van der Waals surface area contributed by atoms with Crippen molar-refractivity contribution in [1.29, 1.82) is 0 Å². The molecule has 0 heterocycles. The first-order valence-corrected chi connectivity index (χ1v) is 16.5. The monoisotopic (exact) mass is 709 g/mol. The van der Waals surface area contributed by atoms with Gasteiger partial charge in [0.1, 0.15) is 24.7 Å². The standard InChI is InChI=1S/C37H48O8.C3H7NO2/c1-25(2)19-40-21-33(44-35(38)27(5)6)23-42-31-15-11-29(12-16-31)37(9,10)30-13-17-32(18-14-30)43-24-34(22-41-20-26(3)4)45-36(39)28(7)8;1-2-6-3(4)5/h11-18,33-34H,1,3,5,7,19-24H2,2,4,6,8-10H3;2H2,1H3,(H2,4,5). The van der Waals surface area contributed by atoms with E-state index in [-0.39, 0.29) is 31.8 Å². The highest BCUT2D eigenvalue weighted by atomic mass is 16.6. The summed E-state index contributed by atoms with van der Waals surface area (Å²) in [6.07, 6.45) is -1.90. The van der Waals surface area contributed by atoms with Gasteiger partial charge < -0.3 is 38.9 Å². The molecular formula is C40H55NO10. The Labute approximate surface area is 303 Å². The van der Waals surface area contributed by atoms with Crippen LogP contribution in [0.4, 0.5) is 4.79 Å². The maximum Gasteiger partial charge on any atom is 0.404 e. The molecule has 51 heavy (non-hydrogen) atoms. The van der Waals surface area contributed by atoms with Gasteiger partial charge in [0.05, 0.1) is 33.0 Å². The van der Waals surface area contributed by atoms with E-state index in [1.807, 2.05) is 62.4 Å². The van der Waals surface area contributed by atoms with Gasteiger partial charge in [0.15, 0.2) is 12.2 Å². The molecule has 1 amide bonds. The first kappa shape index (κ1) is 44.2. The zero-order chi connectivity index (χ0) is 38.6. The van der Waals surface area contributed by atoms with Crippen LogP contribution in [0.5, 0.6) is 11.5 Å². The summed E-state index contributed by atoms with van der Waals surface area (Å²) < 4.78 is 38.2. The molecule has 0 aromatic heterocycles. The van der Waals surface area contributed by atoms with E-state index in [1.165, 1.54) is 0 Å². The van der Waals surface area contributed by atoms with Crippen LogP contribution in [0.3, 0.4) is 0 Å². The van der Waals surface area contributed by atoms with Gasteiger partial charge >= 0.3 is 18.0 Å². The Morgan fingerprint density at radius 3 is 1.25 bits per heavy atom. The third-order valence-corrected chi connectivity index (χ3v) is 6.86. The van der Waals surface area contributed by atoms with Crippen LogP contribution in [0.2, 0.25) is 0 Å². The van der Waals surface area contributed by atoms with Crippen LogP contribution >= 0.6 is 0 Å². The number of ether oxygens (including phenoxy) is 7. The van der Waals surface area contributed by atoms with Crippen molar-refractivity contribution < 1.29 is 47.5 Å². The molecule has 2 unspecified atom stereocenters. The molecule has 0 radical (unpaired) electrons. The molecule has 2 aromatic rings. The first-order valence-electron chi connectivity index (χ1n) is 16.5. The van der Waals surface area contributed by atoms with Gasteiger partial charge in [0.2, 0.25) is 0 Å². The number of primary amides is 1. The van der Waals surface area contributed by atoms with Gasteiger partial charge in [-0.2, -0.15) is 0 Å². The fourth-order valence-electron chi connectivity index (χ4n) is 4.09. The highest BCUT2D eigenvalue weighted by Gasteiger charge is 2.24. The minimum absolute atomic E-state index is 0.132. The largest absolute Gasteiger partial charge is 0.490 e. The Hall–Kier alpha value is -4.87. The fraction of sp³-hybridized carbons (Fsp3) is 0.425. The summed E-state index contributed by atoms with van der Waals surface area (Å²) >= 11 is 0.